The Morgan fingerprint density at radius 3 is 2.72 bits per heavy atom. The van der Waals surface area contributed by atoms with Gasteiger partial charge in [0.15, 0.2) is 5.65 Å². The van der Waals surface area contributed by atoms with E-state index in [0.717, 1.165) is 0 Å². The molecule has 1 unspecified atom stereocenters. The molecule has 0 saturated carbocycles. The molecular weight excluding hydrogens is 232 g/mol. The second kappa shape index (κ2) is 4.20. The minimum atomic E-state index is -0.605. The molecule has 1 N–H and O–H groups in total. The third kappa shape index (κ3) is 2.15. The van der Waals surface area contributed by atoms with Crippen molar-refractivity contribution in [1.29, 1.82) is 0 Å². The molecule has 0 aliphatic rings. The predicted molar refractivity (Wildman–Crippen MR) is 68.2 cm³/mol. The molecule has 98 valence electrons. The lowest BCUT2D eigenvalue weighted by molar-refractivity contribution is 0.0471. The van der Waals surface area contributed by atoms with Crippen molar-refractivity contribution in [2.24, 2.45) is 12.5 Å². The zero-order valence-corrected chi connectivity index (χ0v) is 11.1. The normalized spacial score (nSPS) is 14.1. The van der Waals surface area contributed by atoms with Crippen molar-refractivity contribution >= 4 is 11.0 Å². The molecule has 2 aromatic rings. The summed E-state index contributed by atoms with van der Waals surface area (Å²) >= 11 is 0. The van der Waals surface area contributed by atoms with Gasteiger partial charge >= 0.3 is 0 Å². The van der Waals surface area contributed by atoms with Gasteiger partial charge in [-0.05, 0) is 5.41 Å². The van der Waals surface area contributed by atoms with Crippen LogP contribution < -0.4 is 5.56 Å². The van der Waals surface area contributed by atoms with Gasteiger partial charge in [-0.1, -0.05) is 20.8 Å². The lowest BCUT2D eigenvalue weighted by Gasteiger charge is -2.26. The fourth-order valence-corrected chi connectivity index (χ4v) is 1.66. The van der Waals surface area contributed by atoms with Crippen LogP contribution in [0.2, 0.25) is 0 Å². The molecule has 18 heavy (non-hydrogen) atoms. The topological polar surface area (TPSA) is 72.9 Å². The van der Waals surface area contributed by atoms with Crippen LogP contribution in [0.25, 0.3) is 11.0 Å². The summed E-state index contributed by atoms with van der Waals surface area (Å²) in [5, 5.41) is 14.5. The second-order valence-corrected chi connectivity index (χ2v) is 5.59. The molecule has 1 atom stereocenters. The summed E-state index contributed by atoms with van der Waals surface area (Å²) in [5.41, 5.74) is 0.112. The van der Waals surface area contributed by atoms with Gasteiger partial charge in [-0.25, -0.2) is 4.98 Å². The molecule has 0 aromatic carbocycles. The summed E-state index contributed by atoms with van der Waals surface area (Å²) in [5.74, 6) is 0. The minimum absolute atomic E-state index is 0.170. The Hall–Kier alpha value is -1.69. The summed E-state index contributed by atoms with van der Waals surface area (Å²) in [4.78, 5) is 16.4. The zero-order chi connectivity index (χ0) is 13.5. The van der Waals surface area contributed by atoms with Crippen molar-refractivity contribution < 1.29 is 5.11 Å². The van der Waals surface area contributed by atoms with E-state index in [0.29, 0.717) is 11.0 Å². The Morgan fingerprint density at radius 1 is 1.44 bits per heavy atom. The van der Waals surface area contributed by atoms with Crippen molar-refractivity contribution in [1.82, 2.24) is 19.3 Å². The van der Waals surface area contributed by atoms with Crippen LogP contribution in [-0.2, 0) is 13.6 Å². The number of rotatable bonds is 2. The first-order valence-corrected chi connectivity index (χ1v) is 5.86. The summed E-state index contributed by atoms with van der Waals surface area (Å²) in [6.45, 7) is 6.02. The highest BCUT2D eigenvalue weighted by molar-refractivity contribution is 5.72. The number of aliphatic hydroxyl groups excluding tert-OH is 1. The van der Waals surface area contributed by atoms with Gasteiger partial charge in [0.25, 0.3) is 5.56 Å². The molecule has 6 heteroatoms. The quantitative estimate of drug-likeness (QED) is 0.844. The SMILES string of the molecule is Cn1ncc2c(=O)n(CC(O)C(C)(C)C)cnc21. The maximum absolute atomic E-state index is 12.2. The van der Waals surface area contributed by atoms with E-state index in [4.69, 9.17) is 0 Å². The van der Waals surface area contributed by atoms with E-state index in [1.54, 1.807) is 11.7 Å². The number of fused-ring (bicyclic) bond motifs is 1. The molecule has 2 rings (SSSR count). The standard InChI is InChI=1S/C12H18N4O2/c1-12(2,3)9(17)6-16-7-13-10-8(11(16)18)5-14-15(10)4/h5,7,9,17H,6H2,1-4H3. The highest BCUT2D eigenvalue weighted by Crippen LogP contribution is 2.20. The lowest BCUT2D eigenvalue weighted by atomic mass is 9.89. The van der Waals surface area contributed by atoms with Crippen LogP contribution in [0.3, 0.4) is 0 Å². The Kier molecular flexibility index (Phi) is 2.98. The first kappa shape index (κ1) is 12.8. The van der Waals surface area contributed by atoms with Crippen LogP contribution in [0.5, 0.6) is 0 Å². The fourth-order valence-electron chi connectivity index (χ4n) is 1.66. The van der Waals surface area contributed by atoms with E-state index >= 15 is 0 Å². The first-order chi connectivity index (χ1) is 8.30. The molecule has 6 nitrogen and oxygen atoms in total. The van der Waals surface area contributed by atoms with Crippen LogP contribution in [-0.4, -0.2) is 30.5 Å². The zero-order valence-electron chi connectivity index (χ0n) is 11.1. The smallest absolute Gasteiger partial charge is 0.264 e. The molecule has 0 fully saturated rings. The fraction of sp³-hybridized carbons (Fsp3) is 0.583. The van der Waals surface area contributed by atoms with Crippen LogP contribution in [0, 0.1) is 5.41 Å². The van der Waals surface area contributed by atoms with Gasteiger partial charge in [0.1, 0.15) is 11.7 Å². The van der Waals surface area contributed by atoms with Crippen LogP contribution in [0.4, 0.5) is 0 Å². The van der Waals surface area contributed by atoms with Gasteiger partial charge in [-0.3, -0.25) is 14.0 Å². The van der Waals surface area contributed by atoms with E-state index in [1.165, 1.54) is 17.1 Å². The molecule has 0 saturated heterocycles. The van der Waals surface area contributed by atoms with Gasteiger partial charge in [-0.15, -0.1) is 0 Å². The number of aliphatic hydroxyl groups is 1. The van der Waals surface area contributed by atoms with E-state index < -0.39 is 6.10 Å². The number of nitrogens with zero attached hydrogens (tertiary/aromatic N) is 4. The van der Waals surface area contributed by atoms with Crippen molar-refractivity contribution in [3.63, 3.8) is 0 Å². The molecule has 0 aliphatic carbocycles. The Morgan fingerprint density at radius 2 is 2.11 bits per heavy atom. The highest BCUT2D eigenvalue weighted by atomic mass is 16.3. The number of aromatic nitrogens is 4. The molecule has 0 radical (unpaired) electrons. The maximum Gasteiger partial charge on any atom is 0.264 e. The lowest BCUT2D eigenvalue weighted by Crippen LogP contribution is -2.34. The molecular formula is C12H18N4O2. The molecule has 2 heterocycles. The summed E-state index contributed by atoms with van der Waals surface area (Å²) in [6.07, 6.45) is 2.36. The van der Waals surface area contributed by atoms with Crippen LogP contribution >= 0.6 is 0 Å². The van der Waals surface area contributed by atoms with E-state index in [-0.39, 0.29) is 17.5 Å². The first-order valence-electron chi connectivity index (χ1n) is 5.86. The molecule has 0 aliphatic heterocycles. The predicted octanol–water partition coefficient (Wildman–Crippen LogP) is 0.537. The van der Waals surface area contributed by atoms with Gasteiger partial charge in [0.05, 0.1) is 18.8 Å². The minimum Gasteiger partial charge on any atom is -0.391 e. The monoisotopic (exact) mass is 250 g/mol. The number of hydrogen-bond donors (Lipinski definition) is 1. The number of aryl methyl sites for hydroxylation is 1. The maximum atomic E-state index is 12.2. The largest absolute Gasteiger partial charge is 0.391 e. The molecule has 0 spiro atoms. The number of hydrogen-bond acceptors (Lipinski definition) is 4. The van der Waals surface area contributed by atoms with Crippen LogP contribution in [0.15, 0.2) is 17.3 Å². The van der Waals surface area contributed by atoms with E-state index in [1.807, 2.05) is 20.8 Å². The van der Waals surface area contributed by atoms with Gasteiger partial charge in [0.2, 0.25) is 0 Å². The van der Waals surface area contributed by atoms with E-state index in [9.17, 15) is 9.90 Å². The van der Waals surface area contributed by atoms with Crippen molar-refractivity contribution in [2.75, 3.05) is 0 Å². The average molecular weight is 250 g/mol. The third-order valence-corrected chi connectivity index (χ3v) is 3.09. The highest BCUT2D eigenvalue weighted by Gasteiger charge is 2.23. The van der Waals surface area contributed by atoms with Crippen molar-refractivity contribution in [3.8, 4) is 0 Å². The van der Waals surface area contributed by atoms with Gasteiger partial charge in [0, 0.05) is 7.05 Å². The van der Waals surface area contributed by atoms with Crippen LogP contribution in [0.1, 0.15) is 20.8 Å². The van der Waals surface area contributed by atoms with Crippen molar-refractivity contribution in [2.45, 2.75) is 33.4 Å². The average Bonchev–Trinajstić information content (AvgIpc) is 2.64. The summed E-state index contributed by atoms with van der Waals surface area (Å²) in [7, 11) is 1.74. The van der Waals surface area contributed by atoms with E-state index in [2.05, 4.69) is 10.1 Å². The summed E-state index contributed by atoms with van der Waals surface area (Å²) < 4.78 is 2.99. The van der Waals surface area contributed by atoms with Gasteiger partial charge < -0.3 is 5.11 Å². The molecule has 0 bridgehead atoms. The summed E-state index contributed by atoms with van der Waals surface area (Å²) in [6, 6.07) is 0. The van der Waals surface area contributed by atoms with Gasteiger partial charge in [-0.2, -0.15) is 5.10 Å². The molecule has 0 amide bonds. The van der Waals surface area contributed by atoms with Crippen molar-refractivity contribution in [3.05, 3.63) is 22.9 Å². The Balaban J connectivity index is 2.41. The Labute approximate surface area is 105 Å². The Bertz CT molecular complexity index is 621. The molecule has 2 aromatic heterocycles. The third-order valence-electron chi connectivity index (χ3n) is 3.09. The second-order valence-electron chi connectivity index (χ2n) is 5.59.